The van der Waals surface area contributed by atoms with Crippen LogP contribution in [-0.4, -0.2) is 15.0 Å². The van der Waals surface area contributed by atoms with Crippen LogP contribution in [0, 0.1) is 0 Å². The minimum absolute atomic E-state index is 0.586. The van der Waals surface area contributed by atoms with Gasteiger partial charge in [0.05, 0.1) is 0 Å². The fourth-order valence-electron chi connectivity index (χ4n) is 7.53. The standard InChI is InChI=1S/C49H29N3O2/c1-3-9-30(10-4-1)32-15-17-33(18-16-32)47-50-48(37-20-23-43-40(26-37)39-22-19-36(29-45(39)53-43)31-11-5-2-6-12-31)52-49(51-47)38-21-24-44-41(27-38)42-25-34-13-7-8-14-35(34)28-46(42)54-44/h1-29H. The van der Waals surface area contributed by atoms with E-state index in [1.165, 1.54) is 5.39 Å². The molecule has 0 atom stereocenters. The van der Waals surface area contributed by atoms with Crippen molar-refractivity contribution < 1.29 is 8.83 Å². The number of hydrogen-bond donors (Lipinski definition) is 0. The molecule has 0 N–H and O–H groups in total. The summed E-state index contributed by atoms with van der Waals surface area (Å²) in [6, 6.07) is 60.6. The van der Waals surface area contributed by atoms with Crippen LogP contribution in [0.2, 0.25) is 0 Å². The van der Waals surface area contributed by atoms with Crippen molar-refractivity contribution in [2.24, 2.45) is 0 Å². The van der Waals surface area contributed by atoms with Crippen LogP contribution in [0.4, 0.5) is 0 Å². The molecule has 0 fully saturated rings. The maximum atomic E-state index is 6.37. The summed E-state index contributed by atoms with van der Waals surface area (Å²) >= 11 is 0. The van der Waals surface area contributed by atoms with Gasteiger partial charge in [-0.1, -0.05) is 115 Å². The van der Waals surface area contributed by atoms with Crippen molar-refractivity contribution in [3.8, 4) is 56.4 Å². The molecule has 5 nitrogen and oxygen atoms in total. The van der Waals surface area contributed by atoms with Crippen LogP contribution in [0.1, 0.15) is 0 Å². The SMILES string of the molecule is c1ccc(-c2ccc(-c3nc(-c4ccc5oc6cc(-c7ccccc7)ccc6c5c4)nc(-c4ccc5oc6cc7ccccc7cc6c5c4)n3)cc2)cc1. The molecule has 8 aromatic carbocycles. The second kappa shape index (κ2) is 12.1. The van der Waals surface area contributed by atoms with Gasteiger partial charge in [-0.3, -0.25) is 0 Å². The fourth-order valence-corrected chi connectivity index (χ4v) is 7.53. The summed E-state index contributed by atoms with van der Waals surface area (Å²) in [6.45, 7) is 0. The van der Waals surface area contributed by atoms with Gasteiger partial charge in [0.15, 0.2) is 17.5 Å². The van der Waals surface area contributed by atoms with Gasteiger partial charge in [-0.25, -0.2) is 15.0 Å². The fraction of sp³-hybridized carbons (Fsp3) is 0. The maximum absolute atomic E-state index is 6.37. The molecule has 0 aliphatic rings. The van der Waals surface area contributed by atoms with E-state index in [4.69, 9.17) is 23.8 Å². The zero-order chi connectivity index (χ0) is 35.6. The van der Waals surface area contributed by atoms with Crippen LogP contribution in [0.3, 0.4) is 0 Å². The predicted octanol–water partition coefficient (Wildman–Crippen LogP) is 13.2. The highest BCUT2D eigenvalue weighted by Gasteiger charge is 2.17. The predicted molar refractivity (Wildman–Crippen MR) is 219 cm³/mol. The van der Waals surface area contributed by atoms with Crippen molar-refractivity contribution in [1.29, 1.82) is 0 Å². The Kier molecular flexibility index (Phi) is 6.79. The van der Waals surface area contributed by atoms with Gasteiger partial charge in [-0.05, 0) is 93.7 Å². The van der Waals surface area contributed by atoms with Gasteiger partial charge in [0, 0.05) is 38.2 Å². The van der Waals surface area contributed by atoms with Crippen molar-refractivity contribution in [2.75, 3.05) is 0 Å². The molecule has 0 radical (unpaired) electrons. The molecule has 252 valence electrons. The Bertz CT molecular complexity index is 3200. The molecule has 3 aromatic heterocycles. The second-order valence-corrected chi connectivity index (χ2v) is 13.6. The van der Waals surface area contributed by atoms with Crippen molar-refractivity contribution in [3.63, 3.8) is 0 Å². The molecule has 0 aliphatic heterocycles. The van der Waals surface area contributed by atoms with Crippen LogP contribution in [0.15, 0.2) is 185 Å². The van der Waals surface area contributed by atoms with E-state index >= 15 is 0 Å². The number of rotatable bonds is 5. The highest BCUT2D eigenvalue weighted by atomic mass is 16.3. The van der Waals surface area contributed by atoms with E-state index in [2.05, 4.69) is 140 Å². The number of nitrogens with zero attached hydrogens (tertiary/aromatic N) is 3. The molecule has 11 aromatic rings. The molecule has 54 heavy (non-hydrogen) atoms. The Morgan fingerprint density at radius 2 is 0.685 bits per heavy atom. The summed E-state index contributed by atoms with van der Waals surface area (Å²) in [4.78, 5) is 15.3. The van der Waals surface area contributed by atoms with Gasteiger partial charge in [0.25, 0.3) is 0 Å². The van der Waals surface area contributed by atoms with Crippen molar-refractivity contribution in [2.45, 2.75) is 0 Å². The van der Waals surface area contributed by atoms with Crippen molar-refractivity contribution in [1.82, 2.24) is 15.0 Å². The normalized spacial score (nSPS) is 11.7. The summed E-state index contributed by atoms with van der Waals surface area (Å²) in [5, 5.41) is 6.45. The van der Waals surface area contributed by atoms with Crippen LogP contribution in [0.25, 0.3) is 111 Å². The summed E-state index contributed by atoms with van der Waals surface area (Å²) in [6.07, 6.45) is 0. The quantitative estimate of drug-likeness (QED) is 0.180. The molecule has 3 heterocycles. The Hall–Kier alpha value is -7.37. The van der Waals surface area contributed by atoms with Gasteiger partial charge >= 0.3 is 0 Å². The second-order valence-electron chi connectivity index (χ2n) is 13.6. The van der Waals surface area contributed by atoms with Gasteiger partial charge in [0.1, 0.15) is 22.3 Å². The number of fused-ring (bicyclic) bond motifs is 7. The first kappa shape index (κ1) is 30.3. The highest BCUT2D eigenvalue weighted by Crippen LogP contribution is 2.37. The topological polar surface area (TPSA) is 65.0 Å². The van der Waals surface area contributed by atoms with E-state index < -0.39 is 0 Å². The highest BCUT2D eigenvalue weighted by molar-refractivity contribution is 6.11. The first-order chi connectivity index (χ1) is 26.7. The largest absolute Gasteiger partial charge is 0.456 e. The summed E-state index contributed by atoms with van der Waals surface area (Å²) in [5.74, 6) is 1.77. The maximum Gasteiger partial charge on any atom is 0.164 e. The number of furan rings is 2. The molecule has 11 rings (SSSR count). The van der Waals surface area contributed by atoms with Gasteiger partial charge in [-0.2, -0.15) is 0 Å². The van der Waals surface area contributed by atoms with Gasteiger partial charge in [0.2, 0.25) is 0 Å². The molecule has 0 amide bonds. The van der Waals surface area contributed by atoms with Crippen molar-refractivity contribution in [3.05, 3.63) is 176 Å². The summed E-state index contributed by atoms with van der Waals surface area (Å²) in [7, 11) is 0. The average Bonchev–Trinajstić information content (AvgIpc) is 3.79. The van der Waals surface area contributed by atoms with Crippen LogP contribution < -0.4 is 0 Å². The zero-order valence-electron chi connectivity index (χ0n) is 28.9. The summed E-state index contributed by atoms with van der Waals surface area (Å²) < 4.78 is 12.7. The third-order valence-electron chi connectivity index (χ3n) is 10.3. The van der Waals surface area contributed by atoms with E-state index in [0.717, 1.165) is 88.2 Å². The molecular formula is C49H29N3O2. The van der Waals surface area contributed by atoms with Gasteiger partial charge in [-0.15, -0.1) is 0 Å². The van der Waals surface area contributed by atoms with E-state index in [0.29, 0.717) is 17.5 Å². The number of benzene rings is 8. The molecule has 5 heteroatoms. The van der Waals surface area contributed by atoms with E-state index in [-0.39, 0.29) is 0 Å². The lowest BCUT2D eigenvalue weighted by atomic mass is 10.0. The van der Waals surface area contributed by atoms with Crippen LogP contribution >= 0.6 is 0 Å². The Labute approximate surface area is 309 Å². The zero-order valence-corrected chi connectivity index (χ0v) is 28.9. The van der Waals surface area contributed by atoms with E-state index in [1.807, 2.05) is 36.4 Å². The first-order valence-electron chi connectivity index (χ1n) is 18.0. The molecule has 0 bridgehead atoms. The van der Waals surface area contributed by atoms with E-state index in [9.17, 15) is 0 Å². The van der Waals surface area contributed by atoms with E-state index in [1.54, 1.807) is 0 Å². The average molecular weight is 692 g/mol. The number of hydrogen-bond acceptors (Lipinski definition) is 5. The third-order valence-corrected chi connectivity index (χ3v) is 10.3. The lowest BCUT2D eigenvalue weighted by Gasteiger charge is -2.09. The Balaban J connectivity index is 1.06. The monoisotopic (exact) mass is 691 g/mol. The number of aromatic nitrogens is 3. The molecule has 0 saturated heterocycles. The summed E-state index contributed by atoms with van der Waals surface area (Å²) in [5.41, 5.74) is 10.6. The molecule has 0 spiro atoms. The van der Waals surface area contributed by atoms with Gasteiger partial charge < -0.3 is 8.83 Å². The van der Waals surface area contributed by atoms with Crippen molar-refractivity contribution >= 4 is 54.6 Å². The minimum atomic E-state index is 0.586. The third kappa shape index (κ3) is 5.13. The molecular weight excluding hydrogens is 663 g/mol. The van der Waals surface area contributed by atoms with Crippen LogP contribution in [-0.2, 0) is 0 Å². The smallest absolute Gasteiger partial charge is 0.164 e. The molecule has 0 unspecified atom stereocenters. The Morgan fingerprint density at radius 1 is 0.259 bits per heavy atom. The minimum Gasteiger partial charge on any atom is -0.456 e. The first-order valence-corrected chi connectivity index (χ1v) is 18.0. The molecule has 0 saturated carbocycles. The Morgan fingerprint density at radius 3 is 1.31 bits per heavy atom. The lowest BCUT2D eigenvalue weighted by Crippen LogP contribution is -2.00. The molecule has 0 aliphatic carbocycles. The lowest BCUT2D eigenvalue weighted by molar-refractivity contribution is 0.669. The van der Waals surface area contributed by atoms with Crippen LogP contribution in [0.5, 0.6) is 0 Å².